The van der Waals surface area contributed by atoms with Crippen molar-refractivity contribution in [3.05, 3.63) is 29.6 Å². The van der Waals surface area contributed by atoms with Gasteiger partial charge in [0.1, 0.15) is 6.10 Å². The van der Waals surface area contributed by atoms with Crippen molar-refractivity contribution >= 4 is 0 Å². The second kappa shape index (κ2) is 2.62. The fourth-order valence-corrected chi connectivity index (χ4v) is 1.64. The molecule has 1 aliphatic rings. The largest absolute Gasteiger partial charge is 0.382 e. The molecule has 1 unspecified atom stereocenters. The van der Waals surface area contributed by atoms with Crippen LogP contribution in [0.1, 0.15) is 30.2 Å². The normalized spacial score (nSPS) is 22.8. The van der Waals surface area contributed by atoms with Gasteiger partial charge in [-0.15, -0.1) is 0 Å². The summed E-state index contributed by atoms with van der Waals surface area (Å²) in [7, 11) is 0. The third-order valence-corrected chi connectivity index (χ3v) is 2.24. The Morgan fingerprint density at radius 1 is 1.55 bits per heavy atom. The van der Waals surface area contributed by atoms with E-state index in [9.17, 15) is 5.11 Å². The standard InChI is InChI=1S/C9H11NO/c11-8-5-1-3-7-4-2-6-10-9(7)8/h2,4,6,8,11H,1,3,5H2/p+1. The van der Waals surface area contributed by atoms with Crippen molar-refractivity contribution < 1.29 is 10.1 Å². The summed E-state index contributed by atoms with van der Waals surface area (Å²) in [4.78, 5) is 3.09. The predicted molar refractivity (Wildman–Crippen MR) is 40.9 cm³/mol. The average Bonchev–Trinajstić information content (AvgIpc) is 2.06. The topological polar surface area (TPSA) is 34.4 Å². The van der Waals surface area contributed by atoms with Gasteiger partial charge in [0.05, 0.1) is 0 Å². The quantitative estimate of drug-likeness (QED) is 0.585. The number of H-pyrrole nitrogens is 1. The van der Waals surface area contributed by atoms with E-state index >= 15 is 0 Å². The molecule has 1 aliphatic carbocycles. The maximum absolute atomic E-state index is 9.53. The molecule has 2 N–H and O–H groups in total. The Bertz CT molecular complexity index is 259. The lowest BCUT2D eigenvalue weighted by Crippen LogP contribution is -2.21. The zero-order valence-corrected chi connectivity index (χ0v) is 6.38. The fraction of sp³-hybridized carbons (Fsp3) is 0.444. The van der Waals surface area contributed by atoms with Crippen molar-refractivity contribution in [3.8, 4) is 0 Å². The first-order valence-corrected chi connectivity index (χ1v) is 4.05. The summed E-state index contributed by atoms with van der Waals surface area (Å²) in [6, 6.07) is 4.06. The monoisotopic (exact) mass is 150 g/mol. The zero-order chi connectivity index (χ0) is 7.68. The Morgan fingerprint density at radius 2 is 2.45 bits per heavy atom. The molecule has 0 aliphatic heterocycles. The lowest BCUT2D eigenvalue weighted by atomic mass is 9.94. The molecule has 2 heteroatoms. The van der Waals surface area contributed by atoms with Crippen LogP contribution >= 0.6 is 0 Å². The number of nitrogens with one attached hydrogen (secondary N) is 1. The van der Waals surface area contributed by atoms with Crippen LogP contribution in [0, 0.1) is 0 Å². The average molecular weight is 150 g/mol. The molecule has 0 spiro atoms. The van der Waals surface area contributed by atoms with E-state index in [0.717, 1.165) is 25.0 Å². The van der Waals surface area contributed by atoms with Crippen molar-refractivity contribution in [2.75, 3.05) is 0 Å². The molecule has 0 saturated heterocycles. The fourth-order valence-electron chi connectivity index (χ4n) is 1.64. The molecule has 1 heterocycles. The molecule has 0 bridgehead atoms. The minimum Gasteiger partial charge on any atom is -0.382 e. The van der Waals surface area contributed by atoms with E-state index in [1.807, 2.05) is 12.3 Å². The molecule has 1 atom stereocenters. The van der Waals surface area contributed by atoms with E-state index in [1.54, 1.807) is 0 Å². The number of aromatic nitrogens is 1. The van der Waals surface area contributed by atoms with E-state index in [2.05, 4.69) is 11.1 Å². The minimum absolute atomic E-state index is 0.264. The summed E-state index contributed by atoms with van der Waals surface area (Å²) in [5.41, 5.74) is 2.28. The Balaban J connectivity index is 2.44. The number of aliphatic hydroxyl groups is 1. The Hall–Kier alpha value is -0.890. The van der Waals surface area contributed by atoms with Crippen molar-refractivity contribution in [1.82, 2.24) is 0 Å². The molecule has 2 rings (SSSR count). The summed E-state index contributed by atoms with van der Waals surface area (Å²) < 4.78 is 0. The summed E-state index contributed by atoms with van der Waals surface area (Å²) in [6.45, 7) is 0. The maximum atomic E-state index is 9.53. The van der Waals surface area contributed by atoms with Gasteiger partial charge in [0.25, 0.3) is 0 Å². The molecular formula is C9H12NO+. The van der Waals surface area contributed by atoms with Crippen LogP contribution in [-0.2, 0) is 6.42 Å². The minimum atomic E-state index is -0.264. The highest BCUT2D eigenvalue weighted by molar-refractivity contribution is 5.19. The Morgan fingerprint density at radius 3 is 3.27 bits per heavy atom. The number of aromatic amines is 1. The number of hydrogen-bond donors (Lipinski definition) is 1. The second-order valence-electron chi connectivity index (χ2n) is 3.02. The number of aliphatic hydroxyl groups excluding tert-OH is 1. The van der Waals surface area contributed by atoms with Gasteiger partial charge in [-0.05, 0) is 25.3 Å². The molecule has 0 amide bonds. The first kappa shape index (κ1) is 6.80. The van der Waals surface area contributed by atoms with Crippen molar-refractivity contribution in [2.24, 2.45) is 0 Å². The van der Waals surface area contributed by atoms with E-state index in [1.165, 1.54) is 5.56 Å². The number of pyridine rings is 1. The second-order valence-corrected chi connectivity index (χ2v) is 3.02. The van der Waals surface area contributed by atoms with E-state index in [-0.39, 0.29) is 6.10 Å². The molecule has 2 nitrogen and oxygen atoms in total. The molecule has 1 aromatic rings. The van der Waals surface area contributed by atoms with Crippen LogP contribution in [0.4, 0.5) is 0 Å². The van der Waals surface area contributed by atoms with Gasteiger partial charge in [0.15, 0.2) is 6.20 Å². The van der Waals surface area contributed by atoms with Crippen LogP contribution < -0.4 is 4.98 Å². The molecule has 0 fully saturated rings. The van der Waals surface area contributed by atoms with Gasteiger partial charge in [-0.2, -0.15) is 0 Å². The highest BCUT2D eigenvalue weighted by atomic mass is 16.3. The summed E-state index contributed by atoms with van der Waals surface area (Å²) in [5.74, 6) is 0. The third kappa shape index (κ3) is 1.14. The van der Waals surface area contributed by atoms with E-state index in [4.69, 9.17) is 0 Å². The molecule has 0 aromatic carbocycles. The summed E-state index contributed by atoms with van der Waals surface area (Å²) >= 11 is 0. The predicted octanol–water partition coefficient (Wildman–Crippen LogP) is 0.870. The molecule has 0 radical (unpaired) electrons. The summed E-state index contributed by atoms with van der Waals surface area (Å²) in [6.07, 6.45) is 4.70. The Labute approximate surface area is 65.9 Å². The zero-order valence-electron chi connectivity index (χ0n) is 6.38. The smallest absolute Gasteiger partial charge is 0.211 e. The molecule has 0 saturated carbocycles. The van der Waals surface area contributed by atoms with E-state index in [0.29, 0.717) is 0 Å². The van der Waals surface area contributed by atoms with Crippen molar-refractivity contribution in [2.45, 2.75) is 25.4 Å². The number of rotatable bonds is 0. The molecule has 1 aromatic heterocycles. The van der Waals surface area contributed by atoms with Crippen molar-refractivity contribution in [1.29, 1.82) is 0 Å². The molecule has 11 heavy (non-hydrogen) atoms. The van der Waals surface area contributed by atoms with Gasteiger partial charge >= 0.3 is 0 Å². The highest BCUT2D eigenvalue weighted by Crippen LogP contribution is 2.24. The van der Waals surface area contributed by atoms with Gasteiger partial charge in [0.2, 0.25) is 5.69 Å². The van der Waals surface area contributed by atoms with Crippen LogP contribution in [0.5, 0.6) is 0 Å². The number of hydrogen-bond acceptors (Lipinski definition) is 1. The highest BCUT2D eigenvalue weighted by Gasteiger charge is 2.22. The lowest BCUT2D eigenvalue weighted by Gasteiger charge is -2.14. The number of fused-ring (bicyclic) bond motifs is 1. The van der Waals surface area contributed by atoms with Crippen LogP contribution in [0.3, 0.4) is 0 Å². The van der Waals surface area contributed by atoms with Gasteiger partial charge < -0.3 is 5.11 Å². The third-order valence-electron chi connectivity index (χ3n) is 2.24. The van der Waals surface area contributed by atoms with Crippen molar-refractivity contribution in [3.63, 3.8) is 0 Å². The lowest BCUT2D eigenvalue weighted by molar-refractivity contribution is -0.401. The van der Waals surface area contributed by atoms with Crippen LogP contribution in [-0.4, -0.2) is 5.11 Å². The summed E-state index contributed by atoms with van der Waals surface area (Å²) in [5, 5.41) is 9.53. The SMILES string of the molecule is OC1CCCc2ccc[nH+]c21. The van der Waals surface area contributed by atoms with Gasteiger partial charge in [-0.25, -0.2) is 4.98 Å². The maximum Gasteiger partial charge on any atom is 0.211 e. The first-order valence-electron chi connectivity index (χ1n) is 4.05. The van der Waals surface area contributed by atoms with Gasteiger partial charge in [0, 0.05) is 11.6 Å². The Kier molecular flexibility index (Phi) is 1.62. The number of aryl methyl sites for hydroxylation is 1. The van der Waals surface area contributed by atoms with Gasteiger partial charge in [-0.1, -0.05) is 0 Å². The molecular weight excluding hydrogens is 138 g/mol. The van der Waals surface area contributed by atoms with E-state index < -0.39 is 0 Å². The van der Waals surface area contributed by atoms with Crippen LogP contribution in [0.2, 0.25) is 0 Å². The van der Waals surface area contributed by atoms with Crippen LogP contribution in [0.15, 0.2) is 18.3 Å². The first-order chi connectivity index (χ1) is 5.38. The van der Waals surface area contributed by atoms with Gasteiger partial charge in [-0.3, -0.25) is 0 Å². The molecule has 58 valence electrons. The van der Waals surface area contributed by atoms with Crippen LogP contribution in [0.25, 0.3) is 0 Å².